The van der Waals surface area contributed by atoms with Crippen molar-refractivity contribution in [1.29, 1.82) is 0 Å². The third kappa shape index (κ3) is 4.24. The number of rotatable bonds is 5. The third-order valence-electron chi connectivity index (χ3n) is 5.66. The SMILES string of the molecule is Cc1c(O)ccc(C(=O)N2Cc3cccc(N(C)C(=O)/C=C/CN(C)C)c3C2)c1C. The van der Waals surface area contributed by atoms with Gasteiger partial charge in [0.2, 0.25) is 5.91 Å². The van der Waals surface area contributed by atoms with Crippen molar-refractivity contribution in [2.24, 2.45) is 0 Å². The van der Waals surface area contributed by atoms with Gasteiger partial charge in [0.15, 0.2) is 0 Å². The normalized spacial score (nSPS) is 13.2. The number of amides is 2. The second kappa shape index (κ2) is 8.71. The average Bonchev–Trinajstić information content (AvgIpc) is 3.15. The molecule has 158 valence electrons. The zero-order chi connectivity index (χ0) is 22.0. The molecule has 1 heterocycles. The minimum absolute atomic E-state index is 0.0717. The summed E-state index contributed by atoms with van der Waals surface area (Å²) >= 11 is 0. The second-order valence-electron chi connectivity index (χ2n) is 8.02. The van der Waals surface area contributed by atoms with Gasteiger partial charge in [0.25, 0.3) is 5.91 Å². The van der Waals surface area contributed by atoms with Crippen LogP contribution in [0.2, 0.25) is 0 Å². The molecule has 2 amide bonds. The van der Waals surface area contributed by atoms with E-state index in [9.17, 15) is 14.7 Å². The van der Waals surface area contributed by atoms with E-state index in [1.165, 1.54) is 0 Å². The lowest BCUT2D eigenvalue weighted by Crippen LogP contribution is -2.27. The molecule has 3 rings (SSSR count). The zero-order valence-electron chi connectivity index (χ0n) is 18.3. The van der Waals surface area contributed by atoms with E-state index in [1.54, 1.807) is 35.1 Å². The number of carbonyl (C=O) groups is 2. The van der Waals surface area contributed by atoms with E-state index in [0.717, 1.165) is 22.4 Å². The fraction of sp³-hybridized carbons (Fsp3) is 0.333. The summed E-state index contributed by atoms with van der Waals surface area (Å²) in [4.78, 5) is 31.2. The highest BCUT2D eigenvalue weighted by Gasteiger charge is 2.29. The fourth-order valence-electron chi connectivity index (χ4n) is 3.67. The lowest BCUT2D eigenvalue weighted by atomic mass is 10.0. The van der Waals surface area contributed by atoms with Crippen molar-refractivity contribution in [3.63, 3.8) is 0 Å². The Kier molecular flexibility index (Phi) is 6.27. The molecule has 30 heavy (non-hydrogen) atoms. The zero-order valence-corrected chi connectivity index (χ0v) is 18.3. The first-order chi connectivity index (χ1) is 14.2. The maximum absolute atomic E-state index is 13.2. The van der Waals surface area contributed by atoms with Crippen LogP contribution in [0.15, 0.2) is 42.5 Å². The molecule has 0 aromatic heterocycles. The molecule has 2 aromatic rings. The minimum Gasteiger partial charge on any atom is -0.508 e. The van der Waals surface area contributed by atoms with Crippen molar-refractivity contribution in [2.75, 3.05) is 32.6 Å². The van der Waals surface area contributed by atoms with Crippen molar-refractivity contribution in [1.82, 2.24) is 9.80 Å². The summed E-state index contributed by atoms with van der Waals surface area (Å²) in [5.74, 6) is 0.0242. The maximum atomic E-state index is 13.2. The average molecular weight is 408 g/mol. The van der Waals surface area contributed by atoms with Crippen molar-refractivity contribution < 1.29 is 14.7 Å². The molecule has 6 heteroatoms. The van der Waals surface area contributed by atoms with E-state index in [4.69, 9.17) is 0 Å². The van der Waals surface area contributed by atoms with Crippen LogP contribution >= 0.6 is 0 Å². The second-order valence-corrected chi connectivity index (χ2v) is 8.02. The molecule has 0 radical (unpaired) electrons. The van der Waals surface area contributed by atoms with Crippen LogP contribution in [-0.4, -0.2) is 54.4 Å². The van der Waals surface area contributed by atoms with Crippen LogP contribution in [0.3, 0.4) is 0 Å². The van der Waals surface area contributed by atoms with E-state index in [-0.39, 0.29) is 17.6 Å². The first-order valence-corrected chi connectivity index (χ1v) is 9.99. The number of benzene rings is 2. The summed E-state index contributed by atoms with van der Waals surface area (Å²) in [5.41, 5.74) is 4.96. The van der Waals surface area contributed by atoms with E-state index in [1.807, 2.05) is 57.1 Å². The Labute approximate surface area is 178 Å². The largest absolute Gasteiger partial charge is 0.508 e. The molecular formula is C24H29N3O3. The molecule has 0 fully saturated rings. The van der Waals surface area contributed by atoms with Gasteiger partial charge < -0.3 is 19.8 Å². The monoisotopic (exact) mass is 407 g/mol. The summed E-state index contributed by atoms with van der Waals surface area (Å²) in [5, 5.41) is 9.88. The fourth-order valence-corrected chi connectivity index (χ4v) is 3.67. The van der Waals surface area contributed by atoms with Gasteiger partial charge in [0.05, 0.1) is 0 Å². The number of nitrogens with zero attached hydrogens (tertiary/aromatic N) is 3. The van der Waals surface area contributed by atoms with Crippen molar-refractivity contribution in [3.8, 4) is 5.75 Å². The molecule has 0 aliphatic carbocycles. The van der Waals surface area contributed by atoms with Gasteiger partial charge in [-0.1, -0.05) is 18.2 Å². The van der Waals surface area contributed by atoms with Gasteiger partial charge in [-0.2, -0.15) is 0 Å². The lowest BCUT2D eigenvalue weighted by molar-refractivity contribution is -0.113. The lowest BCUT2D eigenvalue weighted by Gasteiger charge is -2.20. The van der Waals surface area contributed by atoms with E-state index in [2.05, 4.69) is 0 Å². The molecule has 6 nitrogen and oxygen atoms in total. The quantitative estimate of drug-likeness (QED) is 0.773. The first kappa shape index (κ1) is 21.6. The highest BCUT2D eigenvalue weighted by atomic mass is 16.3. The molecular weight excluding hydrogens is 378 g/mol. The van der Waals surface area contributed by atoms with Gasteiger partial charge in [-0.25, -0.2) is 0 Å². The molecule has 2 aromatic carbocycles. The van der Waals surface area contributed by atoms with Gasteiger partial charge in [0.1, 0.15) is 5.75 Å². The van der Waals surface area contributed by atoms with Gasteiger partial charge in [-0.15, -0.1) is 0 Å². The van der Waals surface area contributed by atoms with Gasteiger partial charge in [0, 0.05) is 49.6 Å². The van der Waals surface area contributed by atoms with Crippen molar-refractivity contribution in [2.45, 2.75) is 26.9 Å². The van der Waals surface area contributed by atoms with Crippen LogP contribution in [0.4, 0.5) is 5.69 Å². The van der Waals surface area contributed by atoms with Crippen LogP contribution in [0.5, 0.6) is 5.75 Å². The van der Waals surface area contributed by atoms with Gasteiger partial charge in [-0.3, -0.25) is 9.59 Å². The number of hydrogen-bond acceptors (Lipinski definition) is 4. The Bertz CT molecular complexity index is 1010. The first-order valence-electron chi connectivity index (χ1n) is 9.99. The molecule has 0 spiro atoms. The van der Waals surface area contributed by atoms with Crippen LogP contribution in [0.25, 0.3) is 0 Å². The molecule has 0 unspecified atom stereocenters. The number of likely N-dealkylation sites (N-methyl/N-ethyl adjacent to an activating group) is 2. The molecule has 0 saturated carbocycles. The molecule has 1 N–H and O–H groups in total. The summed E-state index contributed by atoms with van der Waals surface area (Å²) in [6, 6.07) is 9.08. The van der Waals surface area contributed by atoms with Crippen molar-refractivity contribution in [3.05, 3.63) is 70.3 Å². The predicted molar refractivity (Wildman–Crippen MR) is 119 cm³/mol. The molecule has 1 aliphatic rings. The number of fused-ring (bicyclic) bond motifs is 1. The van der Waals surface area contributed by atoms with Crippen LogP contribution in [-0.2, 0) is 17.9 Å². The standard InChI is InChI=1S/C24H29N3O3/c1-16-17(2)22(28)12-11-19(16)24(30)27-14-18-8-6-9-21(20(18)15-27)26(5)23(29)10-7-13-25(3)4/h6-12,28H,13-15H2,1-5H3/b10-7+. The number of aromatic hydroxyl groups is 1. The Balaban J connectivity index is 1.82. The van der Waals surface area contributed by atoms with E-state index >= 15 is 0 Å². The number of anilines is 1. The smallest absolute Gasteiger partial charge is 0.254 e. The topological polar surface area (TPSA) is 64.1 Å². The number of phenolic OH excluding ortho intramolecular Hbond substituents is 1. The van der Waals surface area contributed by atoms with E-state index < -0.39 is 0 Å². The van der Waals surface area contributed by atoms with Gasteiger partial charge in [-0.05, 0) is 62.8 Å². The summed E-state index contributed by atoms with van der Waals surface area (Å²) in [6.07, 6.45) is 3.42. The maximum Gasteiger partial charge on any atom is 0.254 e. The third-order valence-corrected chi connectivity index (χ3v) is 5.66. The molecule has 0 atom stereocenters. The Morgan fingerprint density at radius 2 is 1.80 bits per heavy atom. The summed E-state index contributed by atoms with van der Waals surface area (Å²) < 4.78 is 0. The number of hydrogen-bond donors (Lipinski definition) is 1. The number of phenols is 1. The van der Waals surface area contributed by atoms with Crippen molar-refractivity contribution >= 4 is 17.5 Å². The molecule has 1 aliphatic heterocycles. The van der Waals surface area contributed by atoms with Gasteiger partial charge >= 0.3 is 0 Å². The van der Waals surface area contributed by atoms with Crippen LogP contribution in [0, 0.1) is 13.8 Å². The Hall–Kier alpha value is -3.12. The number of carbonyl (C=O) groups excluding carboxylic acids is 2. The van der Waals surface area contributed by atoms with Crippen LogP contribution in [0.1, 0.15) is 32.6 Å². The van der Waals surface area contributed by atoms with Crippen LogP contribution < -0.4 is 4.90 Å². The minimum atomic E-state index is -0.0972. The summed E-state index contributed by atoms with van der Waals surface area (Å²) in [6.45, 7) is 5.30. The molecule has 0 saturated heterocycles. The van der Waals surface area contributed by atoms with E-state index in [0.29, 0.717) is 30.8 Å². The highest BCUT2D eigenvalue weighted by Crippen LogP contribution is 2.33. The predicted octanol–water partition coefficient (Wildman–Crippen LogP) is 3.25. The molecule has 0 bridgehead atoms. The Morgan fingerprint density at radius 3 is 2.50 bits per heavy atom. The highest BCUT2D eigenvalue weighted by molar-refractivity contribution is 6.02. The summed E-state index contributed by atoms with van der Waals surface area (Å²) in [7, 11) is 5.66. The Morgan fingerprint density at radius 1 is 1.07 bits per heavy atom.